The molecule has 1 N–H and O–H groups in total. The van der Waals surface area contributed by atoms with Gasteiger partial charge in [-0.3, -0.25) is 4.99 Å². The fourth-order valence-electron chi connectivity index (χ4n) is 2.14. The third kappa shape index (κ3) is 4.94. The Bertz CT molecular complexity index is 251. The van der Waals surface area contributed by atoms with Crippen molar-refractivity contribution in [2.45, 2.75) is 33.6 Å². The second-order valence-electron chi connectivity index (χ2n) is 5.36. The molecule has 1 fully saturated rings. The van der Waals surface area contributed by atoms with Crippen molar-refractivity contribution in [2.24, 2.45) is 10.4 Å². The van der Waals surface area contributed by atoms with E-state index >= 15 is 0 Å². The van der Waals surface area contributed by atoms with Crippen molar-refractivity contribution in [3.05, 3.63) is 0 Å². The molecule has 4 heteroatoms. The first kappa shape index (κ1) is 14.3. The van der Waals surface area contributed by atoms with Gasteiger partial charge in [-0.2, -0.15) is 0 Å². The van der Waals surface area contributed by atoms with Crippen LogP contribution < -0.4 is 5.32 Å². The van der Waals surface area contributed by atoms with Gasteiger partial charge in [0.2, 0.25) is 0 Å². The van der Waals surface area contributed by atoms with Gasteiger partial charge < -0.3 is 15.0 Å². The van der Waals surface area contributed by atoms with Crippen LogP contribution in [-0.4, -0.2) is 50.8 Å². The predicted molar refractivity (Wildman–Crippen MR) is 72.4 cm³/mol. The number of hydrogen-bond acceptors (Lipinski definition) is 2. The van der Waals surface area contributed by atoms with E-state index in [1.54, 1.807) is 0 Å². The van der Waals surface area contributed by atoms with Crippen LogP contribution >= 0.6 is 0 Å². The lowest BCUT2D eigenvalue weighted by atomic mass is 9.93. The van der Waals surface area contributed by atoms with E-state index < -0.39 is 0 Å². The number of rotatable bonds is 5. The molecule has 1 rings (SSSR count). The van der Waals surface area contributed by atoms with E-state index in [9.17, 15) is 0 Å². The first-order valence-corrected chi connectivity index (χ1v) is 6.62. The molecule has 1 heterocycles. The maximum absolute atomic E-state index is 5.31. The minimum atomic E-state index is 0.420. The second-order valence-corrected chi connectivity index (χ2v) is 5.36. The van der Waals surface area contributed by atoms with Crippen molar-refractivity contribution < 1.29 is 4.74 Å². The van der Waals surface area contributed by atoms with Crippen LogP contribution in [0.5, 0.6) is 0 Å². The van der Waals surface area contributed by atoms with Crippen molar-refractivity contribution in [3.63, 3.8) is 0 Å². The Balaban J connectivity index is 2.25. The van der Waals surface area contributed by atoms with Gasteiger partial charge in [0, 0.05) is 39.9 Å². The highest BCUT2D eigenvalue weighted by atomic mass is 16.5. The summed E-state index contributed by atoms with van der Waals surface area (Å²) in [5.74, 6) is 1.03. The third-order valence-electron chi connectivity index (χ3n) is 3.14. The monoisotopic (exact) mass is 241 g/mol. The maximum Gasteiger partial charge on any atom is 0.193 e. The van der Waals surface area contributed by atoms with Crippen LogP contribution in [0.2, 0.25) is 0 Å². The van der Waals surface area contributed by atoms with Crippen LogP contribution in [-0.2, 0) is 4.74 Å². The number of ether oxygens (including phenoxy) is 1. The normalized spacial score (nSPS) is 19.8. The SMILES string of the molecule is CCOCCCNC(=NC)N1CCC(C)(C)C1. The Morgan fingerprint density at radius 3 is 2.76 bits per heavy atom. The molecular weight excluding hydrogens is 214 g/mol. The minimum Gasteiger partial charge on any atom is -0.382 e. The van der Waals surface area contributed by atoms with Crippen molar-refractivity contribution >= 4 is 5.96 Å². The van der Waals surface area contributed by atoms with Crippen LogP contribution in [0.1, 0.15) is 33.6 Å². The summed E-state index contributed by atoms with van der Waals surface area (Å²) in [5.41, 5.74) is 0.420. The number of guanidine groups is 1. The number of nitrogens with one attached hydrogen (secondary N) is 1. The third-order valence-corrected chi connectivity index (χ3v) is 3.14. The molecule has 0 amide bonds. The van der Waals surface area contributed by atoms with Gasteiger partial charge in [-0.25, -0.2) is 0 Å². The van der Waals surface area contributed by atoms with Gasteiger partial charge in [-0.05, 0) is 25.2 Å². The van der Waals surface area contributed by atoms with E-state index in [0.29, 0.717) is 5.41 Å². The zero-order valence-corrected chi connectivity index (χ0v) is 11.8. The fourth-order valence-corrected chi connectivity index (χ4v) is 2.14. The highest BCUT2D eigenvalue weighted by molar-refractivity contribution is 5.80. The number of aliphatic imine (C=N–C) groups is 1. The quantitative estimate of drug-likeness (QED) is 0.452. The molecule has 0 atom stereocenters. The minimum absolute atomic E-state index is 0.420. The van der Waals surface area contributed by atoms with E-state index in [-0.39, 0.29) is 0 Å². The smallest absolute Gasteiger partial charge is 0.193 e. The largest absolute Gasteiger partial charge is 0.382 e. The maximum atomic E-state index is 5.31. The van der Waals surface area contributed by atoms with Crippen LogP contribution in [0, 0.1) is 5.41 Å². The van der Waals surface area contributed by atoms with Crippen molar-refractivity contribution in [3.8, 4) is 0 Å². The molecular formula is C13H27N3O. The van der Waals surface area contributed by atoms with Gasteiger partial charge in [-0.1, -0.05) is 13.8 Å². The molecule has 0 aromatic heterocycles. The molecule has 1 aliphatic rings. The van der Waals surface area contributed by atoms with Crippen molar-refractivity contribution in [1.29, 1.82) is 0 Å². The molecule has 0 aromatic carbocycles. The Morgan fingerprint density at radius 1 is 1.47 bits per heavy atom. The van der Waals surface area contributed by atoms with Crippen LogP contribution in [0.25, 0.3) is 0 Å². The Kier molecular flexibility index (Phi) is 5.75. The zero-order chi connectivity index (χ0) is 12.7. The Labute approximate surface area is 105 Å². The molecule has 0 unspecified atom stereocenters. The van der Waals surface area contributed by atoms with Gasteiger partial charge >= 0.3 is 0 Å². The first-order chi connectivity index (χ1) is 8.09. The zero-order valence-electron chi connectivity index (χ0n) is 11.8. The lowest BCUT2D eigenvalue weighted by Crippen LogP contribution is -2.41. The average Bonchev–Trinajstić information content (AvgIpc) is 2.64. The lowest BCUT2D eigenvalue weighted by Gasteiger charge is -2.23. The van der Waals surface area contributed by atoms with E-state index in [2.05, 4.69) is 29.1 Å². The summed E-state index contributed by atoms with van der Waals surface area (Å²) in [6, 6.07) is 0. The average molecular weight is 241 g/mol. The van der Waals surface area contributed by atoms with E-state index in [0.717, 1.165) is 45.2 Å². The van der Waals surface area contributed by atoms with Gasteiger partial charge in [0.15, 0.2) is 5.96 Å². The molecule has 1 aliphatic heterocycles. The van der Waals surface area contributed by atoms with Gasteiger partial charge in [0.1, 0.15) is 0 Å². The molecule has 4 nitrogen and oxygen atoms in total. The highest BCUT2D eigenvalue weighted by Crippen LogP contribution is 2.28. The molecule has 0 aromatic rings. The second kappa shape index (κ2) is 6.84. The summed E-state index contributed by atoms with van der Waals surface area (Å²) in [4.78, 5) is 6.69. The molecule has 0 radical (unpaired) electrons. The first-order valence-electron chi connectivity index (χ1n) is 6.62. The highest BCUT2D eigenvalue weighted by Gasteiger charge is 2.30. The van der Waals surface area contributed by atoms with Crippen LogP contribution in [0.4, 0.5) is 0 Å². The summed E-state index contributed by atoms with van der Waals surface area (Å²) in [6.07, 6.45) is 2.27. The van der Waals surface area contributed by atoms with Gasteiger partial charge in [-0.15, -0.1) is 0 Å². The molecule has 0 spiro atoms. The van der Waals surface area contributed by atoms with E-state index in [4.69, 9.17) is 4.74 Å². The summed E-state index contributed by atoms with van der Waals surface area (Å²) >= 11 is 0. The number of nitrogens with zero attached hydrogens (tertiary/aromatic N) is 2. The van der Waals surface area contributed by atoms with Crippen LogP contribution in [0.3, 0.4) is 0 Å². The standard InChI is InChI=1S/C13H27N3O/c1-5-17-10-6-8-15-12(14-4)16-9-7-13(2,3)11-16/h5-11H2,1-4H3,(H,14,15). The number of hydrogen-bond donors (Lipinski definition) is 1. The van der Waals surface area contributed by atoms with Crippen molar-refractivity contribution in [2.75, 3.05) is 39.9 Å². The van der Waals surface area contributed by atoms with Gasteiger partial charge in [0.25, 0.3) is 0 Å². The van der Waals surface area contributed by atoms with E-state index in [1.165, 1.54) is 6.42 Å². The summed E-state index contributed by atoms with van der Waals surface area (Å²) in [5, 5.41) is 3.40. The van der Waals surface area contributed by atoms with Crippen LogP contribution in [0.15, 0.2) is 4.99 Å². The fraction of sp³-hybridized carbons (Fsp3) is 0.923. The van der Waals surface area contributed by atoms with E-state index in [1.807, 2.05) is 14.0 Å². The summed E-state index contributed by atoms with van der Waals surface area (Å²) in [6.45, 7) is 11.4. The Morgan fingerprint density at radius 2 is 2.24 bits per heavy atom. The molecule has 100 valence electrons. The van der Waals surface area contributed by atoms with Gasteiger partial charge in [0.05, 0.1) is 0 Å². The molecule has 1 saturated heterocycles. The molecule has 17 heavy (non-hydrogen) atoms. The summed E-state index contributed by atoms with van der Waals surface area (Å²) in [7, 11) is 1.86. The number of likely N-dealkylation sites (tertiary alicyclic amines) is 1. The molecule has 0 bridgehead atoms. The summed E-state index contributed by atoms with van der Waals surface area (Å²) < 4.78 is 5.31. The lowest BCUT2D eigenvalue weighted by molar-refractivity contribution is 0.145. The molecule has 0 saturated carbocycles. The topological polar surface area (TPSA) is 36.9 Å². The Hall–Kier alpha value is -0.770. The predicted octanol–water partition coefficient (Wildman–Crippen LogP) is 1.72. The molecule has 0 aliphatic carbocycles. The van der Waals surface area contributed by atoms with Crippen molar-refractivity contribution in [1.82, 2.24) is 10.2 Å².